The highest BCUT2D eigenvalue weighted by atomic mass is 19.4. The average Bonchev–Trinajstić information content (AvgIpc) is 3.52. The fourth-order valence-corrected chi connectivity index (χ4v) is 4.89. The van der Waals surface area contributed by atoms with Gasteiger partial charge in [-0.15, -0.1) is 5.10 Å². The van der Waals surface area contributed by atoms with Gasteiger partial charge in [0.05, 0.1) is 54.1 Å². The normalized spacial score (nSPS) is 20.1. The lowest BCUT2D eigenvalue weighted by molar-refractivity contribution is -0.137. The Morgan fingerprint density at radius 2 is 2.00 bits per heavy atom. The van der Waals surface area contributed by atoms with Crippen LogP contribution >= 0.6 is 0 Å². The molecule has 5 rings (SSSR count). The van der Waals surface area contributed by atoms with E-state index in [1.807, 2.05) is 13.8 Å². The molecule has 1 saturated heterocycles. The van der Waals surface area contributed by atoms with Crippen LogP contribution in [0.2, 0.25) is 0 Å². The van der Waals surface area contributed by atoms with Crippen molar-refractivity contribution in [3.63, 3.8) is 0 Å². The van der Waals surface area contributed by atoms with Gasteiger partial charge in [0.25, 0.3) is 0 Å². The molecule has 1 fully saturated rings. The summed E-state index contributed by atoms with van der Waals surface area (Å²) in [5.41, 5.74) is 4.90. The summed E-state index contributed by atoms with van der Waals surface area (Å²) in [6.45, 7) is 5.25. The lowest BCUT2D eigenvalue weighted by atomic mass is 9.96. The second-order valence-electron chi connectivity index (χ2n) is 9.60. The summed E-state index contributed by atoms with van der Waals surface area (Å²) in [6.07, 6.45) is -1.23. The molecule has 1 spiro atoms. The molecule has 0 bridgehead atoms. The maximum Gasteiger partial charge on any atom is 0.419 e. The van der Waals surface area contributed by atoms with Gasteiger partial charge in [-0.2, -0.15) is 18.3 Å². The van der Waals surface area contributed by atoms with Crippen LogP contribution in [0.1, 0.15) is 37.2 Å². The number of hydrogen-bond acceptors (Lipinski definition) is 7. The number of amides is 2. The minimum atomic E-state index is -4.63. The Kier molecular flexibility index (Phi) is 5.46. The van der Waals surface area contributed by atoms with Crippen molar-refractivity contribution in [3.05, 3.63) is 41.5 Å². The van der Waals surface area contributed by atoms with Crippen LogP contribution in [0.15, 0.2) is 24.5 Å². The van der Waals surface area contributed by atoms with Crippen LogP contribution in [-0.2, 0) is 35.6 Å². The Morgan fingerprint density at radius 3 is 2.69 bits per heavy atom. The first-order chi connectivity index (χ1) is 16.9. The van der Waals surface area contributed by atoms with E-state index in [4.69, 9.17) is 10.5 Å². The molecule has 192 valence electrons. The highest BCUT2D eigenvalue weighted by Crippen LogP contribution is 2.41. The minimum absolute atomic E-state index is 0.202. The van der Waals surface area contributed by atoms with Gasteiger partial charge < -0.3 is 20.7 Å². The SMILES string of the molecule is Cn1nncc1C(C)(C)NC(=O)N1CC[C@]2(C1)OCCn1nc(-c3cnc(N)c(C(F)(F)F)c3)cc12. The van der Waals surface area contributed by atoms with Gasteiger partial charge in [-0.1, -0.05) is 5.21 Å². The predicted octanol–water partition coefficient (Wildman–Crippen LogP) is 2.25. The van der Waals surface area contributed by atoms with Crippen LogP contribution in [0.4, 0.5) is 23.8 Å². The van der Waals surface area contributed by atoms with E-state index >= 15 is 0 Å². The predicted molar refractivity (Wildman–Crippen MR) is 121 cm³/mol. The number of aryl methyl sites for hydroxylation is 1. The number of rotatable bonds is 3. The van der Waals surface area contributed by atoms with Crippen molar-refractivity contribution in [2.45, 2.75) is 44.1 Å². The third-order valence-electron chi connectivity index (χ3n) is 6.74. The van der Waals surface area contributed by atoms with Gasteiger partial charge in [0.2, 0.25) is 0 Å². The molecule has 3 aromatic rings. The molecule has 0 aliphatic carbocycles. The minimum Gasteiger partial charge on any atom is -0.383 e. The molecule has 3 aromatic heterocycles. The summed E-state index contributed by atoms with van der Waals surface area (Å²) in [5.74, 6) is -0.586. The van der Waals surface area contributed by atoms with E-state index in [-0.39, 0.29) is 18.1 Å². The van der Waals surface area contributed by atoms with E-state index in [9.17, 15) is 18.0 Å². The standard InChI is InChI=1S/C22H26F3N9O2/c1-20(2,17-11-28-31-32(17)3)29-19(35)33-5-4-21(12-33)16-9-15(30-34(16)6-7-36-21)13-8-14(22(23,24)25)18(26)27-10-13/h8-11H,4-7,12H2,1-3H3,(H2,26,27)(H,29,35)/t21-/m1/s1. The van der Waals surface area contributed by atoms with Gasteiger partial charge in [0, 0.05) is 31.8 Å². The smallest absolute Gasteiger partial charge is 0.383 e. The molecule has 0 saturated carbocycles. The quantitative estimate of drug-likeness (QED) is 0.559. The second-order valence-corrected chi connectivity index (χ2v) is 9.60. The zero-order valence-corrected chi connectivity index (χ0v) is 20.0. The monoisotopic (exact) mass is 505 g/mol. The zero-order chi connectivity index (χ0) is 25.9. The number of nitrogens with one attached hydrogen (secondary N) is 1. The van der Waals surface area contributed by atoms with Crippen molar-refractivity contribution in [1.29, 1.82) is 0 Å². The Bertz CT molecular complexity index is 1320. The van der Waals surface area contributed by atoms with Crippen molar-refractivity contribution in [2.75, 3.05) is 25.4 Å². The van der Waals surface area contributed by atoms with Crippen LogP contribution in [0.3, 0.4) is 0 Å². The number of nitrogens with two attached hydrogens (primary N) is 1. The van der Waals surface area contributed by atoms with Crippen molar-refractivity contribution in [1.82, 2.24) is 40.0 Å². The van der Waals surface area contributed by atoms with Crippen LogP contribution in [0.25, 0.3) is 11.3 Å². The fourth-order valence-electron chi connectivity index (χ4n) is 4.89. The van der Waals surface area contributed by atoms with E-state index in [0.29, 0.717) is 37.5 Å². The number of likely N-dealkylation sites (tertiary alicyclic amines) is 1. The van der Waals surface area contributed by atoms with Gasteiger partial charge in [-0.05, 0) is 26.0 Å². The van der Waals surface area contributed by atoms with E-state index in [2.05, 4.69) is 25.7 Å². The fraction of sp³-hybridized carbons (Fsp3) is 0.500. The first kappa shape index (κ1) is 24.0. The van der Waals surface area contributed by atoms with Crippen molar-refractivity contribution < 1.29 is 22.7 Å². The number of hydrogen-bond donors (Lipinski definition) is 2. The largest absolute Gasteiger partial charge is 0.419 e. The van der Waals surface area contributed by atoms with Crippen LogP contribution in [-0.4, -0.2) is 60.4 Å². The lowest BCUT2D eigenvalue weighted by Gasteiger charge is -2.34. The Balaban J connectivity index is 1.39. The number of anilines is 1. The van der Waals surface area contributed by atoms with Gasteiger partial charge in [-0.3, -0.25) is 9.36 Å². The van der Waals surface area contributed by atoms with Gasteiger partial charge in [-0.25, -0.2) is 9.78 Å². The van der Waals surface area contributed by atoms with Gasteiger partial charge in [0.1, 0.15) is 11.4 Å². The molecular formula is C22H26F3N9O2. The second kappa shape index (κ2) is 8.18. The van der Waals surface area contributed by atoms with Crippen LogP contribution in [0.5, 0.6) is 0 Å². The summed E-state index contributed by atoms with van der Waals surface area (Å²) in [5, 5.41) is 15.4. The van der Waals surface area contributed by atoms with Crippen molar-refractivity contribution >= 4 is 11.8 Å². The van der Waals surface area contributed by atoms with E-state index in [0.717, 1.165) is 11.8 Å². The van der Waals surface area contributed by atoms with Gasteiger partial charge in [0.15, 0.2) is 0 Å². The molecule has 1 atom stereocenters. The third-order valence-corrected chi connectivity index (χ3v) is 6.74. The molecule has 0 unspecified atom stereocenters. The maximum atomic E-state index is 13.3. The number of halogens is 3. The topological polar surface area (TPSA) is 129 Å². The summed E-state index contributed by atoms with van der Waals surface area (Å²) < 4.78 is 49.5. The molecular weight excluding hydrogens is 479 g/mol. The summed E-state index contributed by atoms with van der Waals surface area (Å²) in [7, 11) is 1.75. The van der Waals surface area contributed by atoms with Crippen LogP contribution < -0.4 is 11.1 Å². The molecule has 0 aromatic carbocycles. The summed E-state index contributed by atoms with van der Waals surface area (Å²) in [6, 6.07) is 2.39. The Morgan fingerprint density at radius 1 is 1.22 bits per heavy atom. The number of nitrogens with zero attached hydrogens (tertiary/aromatic N) is 7. The molecule has 5 heterocycles. The number of nitrogen functional groups attached to an aromatic ring is 1. The van der Waals surface area contributed by atoms with E-state index in [1.165, 1.54) is 6.20 Å². The molecule has 2 amide bonds. The highest BCUT2D eigenvalue weighted by Gasteiger charge is 2.47. The van der Waals surface area contributed by atoms with E-state index < -0.39 is 28.7 Å². The molecule has 11 nitrogen and oxygen atoms in total. The molecule has 14 heteroatoms. The molecule has 2 aliphatic rings. The number of aromatic nitrogens is 6. The molecule has 0 radical (unpaired) electrons. The highest BCUT2D eigenvalue weighted by molar-refractivity contribution is 5.76. The number of fused-ring (bicyclic) bond motifs is 2. The first-order valence-corrected chi connectivity index (χ1v) is 11.4. The summed E-state index contributed by atoms with van der Waals surface area (Å²) in [4.78, 5) is 18.5. The molecule has 36 heavy (non-hydrogen) atoms. The first-order valence-electron chi connectivity index (χ1n) is 11.4. The third kappa shape index (κ3) is 4.04. The lowest BCUT2D eigenvalue weighted by Crippen LogP contribution is -2.50. The number of carbonyl (C=O) groups excluding carboxylic acids is 1. The van der Waals surface area contributed by atoms with Crippen molar-refractivity contribution in [3.8, 4) is 11.3 Å². The molecule has 2 aliphatic heterocycles. The number of alkyl halides is 3. The number of pyridine rings is 1. The van der Waals surface area contributed by atoms with E-state index in [1.54, 1.807) is 33.6 Å². The zero-order valence-electron chi connectivity index (χ0n) is 20.0. The maximum absolute atomic E-state index is 13.3. The van der Waals surface area contributed by atoms with Crippen LogP contribution in [0, 0.1) is 0 Å². The number of ether oxygens (including phenoxy) is 1. The number of carbonyl (C=O) groups is 1. The molecule has 3 N–H and O–H groups in total. The number of urea groups is 1. The van der Waals surface area contributed by atoms with Crippen molar-refractivity contribution in [2.24, 2.45) is 7.05 Å². The Hall–Kier alpha value is -3.68. The van der Waals surface area contributed by atoms with Gasteiger partial charge >= 0.3 is 12.2 Å². The average molecular weight is 506 g/mol. The summed E-state index contributed by atoms with van der Waals surface area (Å²) >= 11 is 0. The Labute approximate surface area is 204 Å².